The third-order valence-electron chi connectivity index (χ3n) is 2.36. The first-order chi connectivity index (χ1) is 8.32. The molecule has 0 radical (unpaired) electrons. The van der Waals surface area contributed by atoms with Crippen LogP contribution in [-0.2, 0) is 14.3 Å². The standard InChI is InChI=1S/C10H18F3NO4/c1-17-5-3-14(4-6-18-2)7-8(9(15)16)10(11,12)13/h8H,3-7H2,1-2H3,(H,15,16). The highest BCUT2D eigenvalue weighted by atomic mass is 19.4. The molecule has 0 aromatic rings. The predicted octanol–water partition coefficient (Wildman–Crippen LogP) is 0.844. The Balaban J connectivity index is 4.53. The summed E-state index contributed by atoms with van der Waals surface area (Å²) >= 11 is 0. The summed E-state index contributed by atoms with van der Waals surface area (Å²) in [5, 5.41) is 8.60. The SMILES string of the molecule is COCCN(CCOC)CC(C(=O)O)C(F)(F)F. The monoisotopic (exact) mass is 273 g/mol. The number of carbonyl (C=O) groups is 1. The van der Waals surface area contributed by atoms with Crippen LogP contribution in [0.2, 0.25) is 0 Å². The van der Waals surface area contributed by atoms with Gasteiger partial charge in [0.1, 0.15) is 0 Å². The summed E-state index contributed by atoms with van der Waals surface area (Å²) in [5.74, 6) is -4.27. The molecule has 0 saturated carbocycles. The number of hydrogen-bond acceptors (Lipinski definition) is 4. The second-order valence-corrected chi connectivity index (χ2v) is 3.72. The largest absolute Gasteiger partial charge is 0.481 e. The predicted molar refractivity (Wildman–Crippen MR) is 57.4 cm³/mol. The molecule has 8 heteroatoms. The van der Waals surface area contributed by atoms with Gasteiger partial charge in [0, 0.05) is 33.9 Å². The van der Waals surface area contributed by atoms with Gasteiger partial charge in [-0.15, -0.1) is 0 Å². The van der Waals surface area contributed by atoms with Crippen molar-refractivity contribution >= 4 is 5.97 Å². The summed E-state index contributed by atoms with van der Waals surface area (Å²) < 4.78 is 47.1. The maximum atomic E-state index is 12.5. The van der Waals surface area contributed by atoms with Gasteiger partial charge in [-0.3, -0.25) is 9.69 Å². The van der Waals surface area contributed by atoms with Gasteiger partial charge in [0.15, 0.2) is 5.92 Å². The van der Waals surface area contributed by atoms with Gasteiger partial charge in [0.2, 0.25) is 0 Å². The number of ether oxygens (including phenoxy) is 2. The lowest BCUT2D eigenvalue weighted by Crippen LogP contribution is -2.43. The molecule has 1 atom stereocenters. The molecule has 0 aliphatic carbocycles. The third-order valence-corrected chi connectivity index (χ3v) is 2.36. The number of carboxylic acid groups (broad SMARTS) is 1. The molecule has 1 unspecified atom stereocenters. The zero-order valence-corrected chi connectivity index (χ0v) is 10.4. The van der Waals surface area contributed by atoms with Gasteiger partial charge in [-0.05, 0) is 0 Å². The number of alkyl halides is 3. The molecule has 0 amide bonds. The first kappa shape index (κ1) is 17.1. The Morgan fingerprint density at radius 1 is 1.22 bits per heavy atom. The number of halogens is 3. The second kappa shape index (κ2) is 8.28. The van der Waals surface area contributed by atoms with Crippen molar-refractivity contribution in [3.63, 3.8) is 0 Å². The van der Waals surface area contributed by atoms with E-state index < -0.39 is 24.6 Å². The zero-order valence-electron chi connectivity index (χ0n) is 10.4. The van der Waals surface area contributed by atoms with E-state index in [1.165, 1.54) is 19.1 Å². The fourth-order valence-corrected chi connectivity index (χ4v) is 1.31. The molecule has 108 valence electrons. The molecule has 1 N–H and O–H groups in total. The highest BCUT2D eigenvalue weighted by molar-refractivity contribution is 5.71. The molecule has 0 aliphatic rings. The van der Waals surface area contributed by atoms with Crippen LogP contribution in [0.25, 0.3) is 0 Å². The Morgan fingerprint density at radius 2 is 1.67 bits per heavy atom. The van der Waals surface area contributed by atoms with Crippen molar-refractivity contribution in [3.8, 4) is 0 Å². The van der Waals surface area contributed by atoms with Crippen LogP contribution < -0.4 is 0 Å². The topological polar surface area (TPSA) is 59.0 Å². The van der Waals surface area contributed by atoms with Crippen molar-refractivity contribution in [1.29, 1.82) is 0 Å². The van der Waals surface area contributed by atoms with E-state index in [2.05, 4.69) is 0 Å². The van der Waals surface area contributed by atoms with Crippen LogP contribution in [0.5, 0.6) is 0 Å². The molecule has 0 bridgehead atoms. The number of nitrogens with zero attached hydrogens (tertiary/aromatic N) is 1. The average Bonchev–Trinajstić information content (AvgIpc) is 2.25. The van der Waals surface area contributed by atoms with Crippen LogP contribution in [0.4, 0.5) is 13.2 Å². The molecular formula is C10H18F3NO4. The fourth-order valence-electron chi connectivity index (χ4n) is 1.31. The van der Waals surface area contributed by atoms with E-state index in [4.69, 9.17) is 14.6 Å². The number of aliphatic carboxylic acids is 1. The van der Waals surface area contributed by atoms with E-state index in [1.54, 1.807) is 0 Å². The van der Waals surface area contributed by atoms with Crippen LogP contribution in [0.1, 0.15) is 0 Å². The molecule has 0 aromatic carbocycles. The van der Waals surface area contributed by atoms with E-state index in [0.29, 0.717) is 0 Å². The minimum absolute atomic E-state index is 0.222. The lowest BCUT2D eigenvalue weighted by atomic mass is 10.1. The summed E-state index contributed by atoms with van der Waals surface area (Å²) in [6, 6.07) is 0. The Hall–Kier alpha value is -0.860. The number of carboxylic acids is 1. The molecule has 0 fully saturated rings. The maximum Gasteiger partial charge on any atom is 0.403 e. The van der Waals surface area contributed by atoms with Gasteiger partial charge >= 0.3 is 12.1 Å². The van der Waals surface area contributed by atoms with Gasteiger partial charge < -0.3 is 14.6 Å². The van der Waals surface area contributed by atoms with Gasteiger partial charge in [-0.2, -0.15) is 13.2 Å². The van der Waals surface area contributed by atoms with Gasteiger partial charge in [0.25, 0.3) is 0 Å². The van der Waals surface area contributed by atoms with E-state index in [-0.39, 0.29) is 26.3 Å². The first-order valence-electron chi connectivity index (χ1n) is 5.32. The van der Waals surface area contributed by atoms with Crippen molar-refractivity contribution < 1.29 is 32.5 Å². The first-order valence-corrected chi connectivity index (χ1v) is 5.32. The molecular weight excluding hydrogens is 255 g/mol. The van der Waals surface area contributed by atoms with Crippen molar-refractivity contribution in [2.24, 2.45) is 5.92 Å². The zero-order chi connectivity index (χ0) is 14.2. The van der Waals surface area contributed by atoms with E-state index in [1.807, 2.05) is 0 Å². The second-order valence-electron chi connectivity index (χ2n) is 3.72. The minimum Gasteiger partial charge on any atom is -0.481 e. The quantitative estimate of drug-likeness (QED) is 0.674. The summed E-state index contributed by atoms with van der Waals surface area (Å²) in [6.45, 7) is 0.298. The molecule has 0 heterocycles. The van der Waals surface area contributed by atoms with E-state index in [0.717, 1.165) is 0 Å². The van der Waals surface area contributed by atoms with Crippen LogP contribution >= 0.6 is 0 Å². The van der Waals surface area contributed by atoms with Crippen molar-refractivity contribution in [2.75, 3.05) is 47.1 Å². The smallest absolute Gasteiger partial charge is 0.403 e. The van der Waals surface area contributed by atoms with Crippen LogP contribution in [0.15, 0.2) is 0 Å². The molecule has 5 nitrogen and oxygen atoms in total. The van der Waals surface area contributed by atoms with E-state index in [9.17, 15) is 18.0 Å². The van der Waals surface area contributed by atoms with Gasteiger partial charge in [0.05, 0.1) is 13.2 Å². The molecule has 0 aromatic heterocycles. The average molecular weight is 273 g/mol. The van der Waals surface area contributed by atoms with Gasteiger partial charge in [-0.25, -0.2) is 0 Å². The molecule has 0 saturated heterocycles. The number of rotatable bonds is 9. The minimum atomic E-state index is -4.76. The highest BCUT2D eigenvalue weighted by Gasteiger charge is 2.45. The summed E-state index contributed by atoms with van der Waals surface area (Å²) in [5.41, 5.74) is 0. The highest BCUT2D eigenvalue weighted by Crippen LogP contribution is 2.27. The summed E-state index contributed by atoms with van der Waals surface area (Å²) in [7, 11) is 2.85. The maximum absolute atomic E-state index is 12.5. The number of hydrogen-bond donors (Lipinski definition) is 1. The summed E-state index contributed by atoms with van der Waals surface area (Å²) in [4.78, 5) is 12.0. The summed E-state index contributed by atoms with van der Waals surface area (Å²) in [6.07, 6.45) is -4.76. The van der Waals surface area contributed by atoms with Crippen molar-refractivity contribution in [2.45, 2.75) is 6.18 Å². The molecule has 0 spiro atoms. The molecule has 0 rings (SSSR count). The van der Waals surface area contributed by atoms with Crippen LogP contribution in [-0.4, -0.2) is 69.2 Å². The lowest BCUT2D eigenvalue weighted by molar-refractivity contribution is -0.197. The fraction of sp³-hybridized carbons (Fsp3) is 0.900. The molecule has 0 aliphatic heterocycles. The van der Waals surface area contributed by atoms with Gasteiger partial charge in [-0.1, -0.05) is 0 Å². The molecule has 18 heavy (non-hydrogen) atoms. The van der Waals surface area contributed by atoms with Crippen molar-refractivity contribution in [3.05, 3.63) is 0 Å². The Labute approximate surface area is 103 Å². The lowest BCUT2D eigenvalue weighted by Gasteiger charge is -2.26. The third kappa shape index (κ3) is 6.77. The van der Waals surface area contributed by atoms with Crippen molar-refractivity contribution in [1.82, 2.24) is 4.90 Å². The van der Waals surface area contributed by atoms with E-state index >= 15 is 0 Å². The normalized spacial score (nSPS) is 13.9. The Bertz CT molecular complexity index is 240. The van der Waals surface area contributed by atoms with Crippen LogP contribution in [0, 0.1) is 5.92 Å². The Kier molecular flexibility index (Phi) is 7.88. The number of methoxy groups -OCH3 is 2. The Morgan fingerprint density at radius 3 is 1.94 bits per heavy atom. The van der Waals surface area contributed by atoms with Crippen LogP contribution in [0.3, 0.4) is 0 Å².